The molecule has 0 fully saturated rings. The van der Waals surface area contributed by atoms with Crippen molar-refractivity contribution < 1.29 is 4.79 Å². The fourth-order valence-electron chi connectivity index (χ4n) is 1.24. The van der Waals surface area contributed by atoms with Gasteiger partial charge in [-0.3, -0.25) is 9.78 Å². The highest BCUT2D eigenvalue weighted by Crippen LogP contribution is 2.10. The fraction of sp³-hybridized carbons (Fsp3) is 0.333. The zero-order chi connectivity index (χ0) is 10.6. The second-order valence-electron chi connectivity index (χ2n) is 3.52. The quantitative estimate of drug-likeness (QED) is 0.538. The van der Waals surface area contributed by atoms with E-state index >= 15 is 0 Å². The maximum absolute atomic E-state index is 11.7. The van der Waals surface area contributed by atoms with Crippen molar-refractivity contribution in [1.82, 2.24) is 4.98 Å². The van der Waals surface area contributed by atoms with Crippen LogP contribution in [0.3, 0.4) is 0 Å². The highest BCUT2D eigenvalue weighted by Gasteiger charge is 2.08. The van der Waals surface area contributed by atoms with Crippen LogP contribution in [0.15, 0.2) is 30.5 Å². The number of nitrogens with zero attached hydrogens (tertiary/aromatic N) is 1. The summed E-state index contributed by atoms with van der Waals surface area (Å²) in [5.74, 6) is 0.151. The van der Waals surface area contributed by atoms with E-state index in [0.717, 1.165) is 23.3 Å². The molecule has 0 saturated heterocycles. The van der Waals surface area contributed by atoms with Crippen molar-refractivity contribution >= 4 is 5.78 Å². The number of rotatable bonds is 4. The first kappa shape index (κ1) is 10.6. The molecule has 0 amide bonds. The lowest BCUT2D eigenvalue weighted by Crippen LogP contribution is -2.02. The van der Waals surface area contributed by atoms with Gasteiger partial charge in [0.2, 0.25) is 0 Å². The number of hydrogen-bond acceptors (Lipinski definition) is 2. The van der Waals surface area contributed by atoms with Crippen molar-refractivity contribution in [2.24, 2.45) is 0 Å². The summed E-state index contributed by atoms with van der Waals surface area (Å²) < 4.78 is 0. The molecule has 0 atom stereocenters. The molecule has 0 bridgehead atoms. The second-order valence-corrected chi connectivity index (χ2v) is 3.52. The summed E-state index contributed by atoms with van der Waals surface area (Å²) in [6.45, 7) is 7.56. The van der Waals surface area contributed by atoms with E-state index < -0.39 is 0 Å². The lowest BCUT2D eigenvalue weighted by molar-refractivity contribution is 0.0982. The topological polar surface area (TPSA) is 30.0 Å². The number of pyridine rings is 1. The molecule has 2 heteroatoms. The summed E-state index contributed by atoms with van der Waals surface area (Å²) in [6.07, 6.45) is 2.99. The largest absolute Gasteiger partial charge is 0.294 e. The molecular weight excluding hydrogens is 174 g/mol. The Morgan fingerprint density at radius 1 is 1.50 bits per heavy atom. The van der Waals surface area contributed by atoms with Crippen LogP contribution in [-0.2, 0) is 0 Å². The Morgan fingerprint density at radius 3 is 2.79 bits per heavy atom. The van der Waals surface area contributed by atoms with Crippen molar-refractivity contribution in [3.05, 3.63) is 41.7 Å². The predicted octanol–water partition coefficient (Wildman–Crippen LogP) is 2.93. The number of aromatic nitrogens is 1. The van der Waals surface area contributed by atoms with Crippen LogP contribution in [0.1, 0.15) is 35.8 Å². The number of carbonyl (C=O) groups excluding carboxylic acids is 1. The Morgan fingerprint density at radius 2 is 2.21 bits per heavy atom. The van der Waals surface area contributed by atoms with Crippen molar-refractivity contribution in [3.63, 3.8) is 0 Å². The van der Waals surface area contributed by atoms with E-state index in [1.165, 1.54) is 0 Å². The third kappa shape index (κ3) is 2.80. The fourth-order valence-corrected chi connectivity index (χ4v) is 1.24. The number of carbonyl (C=O) groups is 1. The second kappa shape index (κ2) is 4.70. The van der Waals surface area contributed by atoms with Gasteiger partial charge in [-0.05, 0) is 32.4 Å². The zero-order valence-corrected chi connectivity index (χ0v) is 8.71. The van der Waals surface area contributed by atoms with Gasteiger partial charge in [-0.1, -0.05) is 5.57 Å². The Kier molecular flexibility index (Phi) is 3.57. The average Bonchev–Trinajstić information content (AvgIpc) is 2.15. The molecule has 1 aromatic rings. The molecule has 2 nitrogen and oxygen atoms in total. The van der Waals surface area contributed by atoms with Crippen LogP contribution in [-0.4, -0.2) is 10.8 Å². The van der Waals surface area contributed by atoms with E-state index in [9.17, 15) is 4.79 Å². The van der Waals surface area contributed by atoms with Crippen LogP contribution in [0, 0.1) is 6.92 Å². The Bertz CT molecular complexity index is 355. The van der Waals surface area contributed by atoms with E-state index in [1.807, 2.05) is 19.9 Å². The number of ketones is 1. The monoisotopic (exact) mass is 189 g/mol. The van der Waals surface area contributed by atoms with E-state index in [0.29, 0.717) is 6.42 Å². The van der Waals surface area contributed by atoms with Crippen LogP contribution in [0.5, 0.6) is 0 Å². The molecular formula is C12H15NO. The Balaban J connectivity index is 2.70. The van der Waals surface area contributed by atoms with Crippen molar-refractivity contribution in [1.29, 1.82) is 0 Å². The first-order valence-corrected chi connectivity index (χ1v) is 4.70. The van der Waals surface area contributed by atoms with Gasteiger partial charge in [0.1, 0.15) is 0 Å². The van der Waals surface area contributed by atoms with Crippen LogP contribution in [0.4, 0.5) is 0 Å². The van der Waals surface area contributed by atoms with Gasteiger partial charge in [0.05, 0.1) is 0 Å². The Hall–Kier alpha value is -1.44. The van der Waals surface area contributed by atoms with Gasteiger partial charge < -0.3 is 0 Å². The lowest BCUT2D eigenvalue weighted by atomic mass is 10.0. The van der Waals surface area contributed by atoms with Crippen molar-refractivity contribution in [3.8, 4) is 0 Å². The van der Waals surface area contributed by atoms with E-state index in [1.54, 1.807) is 12.3 Å². The third-order valence-electron chi connectivity index (χ3n) is 2.09. The molecule has 1 rings (SSSR count). The van der Waals surface area contributed by atoms with E-state index in [-0.39, 0.29) is 5.78 Å². The smallest absolute Gasteiger partial charge is 0.165 e. The maximum Gasteiger partial charge on any atom is 0.165 e. The number of Topliss-reactive ketones (excluding diaryl/α,β-unsaturated/α-hetero) is 1. The van der Waals surface area contributed by atoms with Gasteiger partial charge in [0.15, 0.2) is 5.78 Å². The molecule has 0 saturated carbocycles. The summed E-state index contributed by atoms with van der Waals surface area (Å²) in [5, 5.41) is 0. The molecule has 1 heterocycles. The third-order valence-corrected chi connectivity index (χ3v) is 2.09. The molecule has 0 aliphatic heterocycles. The summed E-state index contributed by atoms with van der Waals surface area (Å²) >= 11 is 0. The molecule has 0 aromatic carbocycles. The molecule has 0 N–H and O–H groups in total. The van der Waals surface area contributed by atoms with Gasteiger partial charge in [-0.15, -0.1) is 6.58 Å². The number of aryl methyl sites for hydroxylation is 1. The van der Waals surface area contributed by atoms with E-state index in [2.05, 4.69) is 11.6 Å². The molecule has 0 aliphatic rings. The first-order valence-electron chi connectivity index (χ1n) is 4.70. The molecule has 0 spiro atoms. The van der Waals surface area contributed by atoms with Crippen molar-refractivity contribution in [2.45, 2.75) is 26.7 Å². The minimum Gasteiger partial charge on any atom is -0.294 e. The van der Waals surface area contributed by atoms with Gasteiger partial charge in [0, 0.05) is 23.9 Å². The van der Waals surface area contributed by atoms with Gasteiger partial charge >= 0.3 is 0 Å². The summed E-state index contributed by atoms with van der Waals surface area (Å²) in [4.78, 5) is 15.8. The highest BCUT2D eigenvalue weighted by atomic mass is 16.1. The zero-order valence-electron chi connectivity index (χ0n) is 8.71. The molecule has 74 valence electrons. The first-order chi connectivity index (χ1) is 6.61. The molecule has 1 aromatic heterocycles. The maximum atomic E-state index is 11.7. The minimum atomic E-state index is 0.151. The predicted molar refractivity (Wildman–Crippen MR) is 57.4 cm³/mol. The Labute approximate surface area is 84.7 Å². The van der Waals surface area contributed by atoms with Crippen LogP contribution < -0.4 is 0 Å². The number of hydrogen-bond donors (Lipinski definition) is 0. The molecule has 0 unspecified atom stereocenters. The van der Waals surface area contributed by atoms with Gasteiger partial charge in [0.25, 0.3) is 0 Å². The van der Waals surface area contributed by atoms with Crippen LogP contribution >= 0.6 is 0 Å². The van der Waals surface area contributed by atoms with Gasteiger partial charge in [-0.25, -0.2) is 0 Å². The SMILES string of the molecule is C=C(C)CCC(=O)c1cccnc1C. The standard InChI is InChI=1S/C12H15NO/c1-9(2)6-7-12(14)11-5-4-8-13-10(11)3/h4-5,8H,1,6-7H2,2-3H3. The van der Waals surface area contributed by atoms with Crippen LogP contribution in [0.25, 0.3) is 0 Å². The van der Waals surface area contributed by atoms with Gasteiger partial charge in [-0.2, -0.15) is 0 Å². The minimum absolute atomic E-state index is 0.151. The number of allylic oxidation sites excluding steroid dienone is 1. The van der Waals surface area contributed by atoms with Crippen LogP contribution in [0.2, 0.25) is 0 Å². The lowest BCUT2D eigenvalue weighted by Gasteiger charge is -2.03. The molecule has 0 radical (unpaired) electrons. The molecule has 14 heavy (non-hydrogen) atoms. The van der Waals surface area contributed by atoms with E-state index in [4.69, 9.17) is 0 Å². The normalized spacial score (nSPS) is 9.86. The average molecular weight is 189 g/mol. The summed E-state index contributed by atoms with van der Waals surface area (Å²) in [7, 11) is 0. The molecule has 0 aliphatic carbocycles. The summed E-state index contributed by atoms with van der Waals surface area (Å²) in [5.41, 5.74) is 2.58. The van der Waals surface area contributed by atoms with Crippen molar-refractivity contribution in [2.75, 3.05) is 0 Å². The summed E-state index contributed by atoms with van der Waals surface area (Å²) in [6, 6.07) is 3.62. The highest BCUT2D eigenvalue weighted by molar-refractivity contribution is 5.97.